The molecule has 0 heteroatoms. The predicted molar refractivity (Wildman–Crippen MR) is 198 cm³/mol. The molecule has 214 valence electrons. The lowest BCUT2D eigenvalue weighted by Gasteiger charge is -2.20. The Balaban J connectivity index is 1.35. The van der Waals surface area contributed by atoms with E-state index in [9.17, 15) is 0 Å². The Morgan fingerprint density at radius 1 is 0.217 bits per heavy atom. The van der Waals surface area contributed by atoms with Crippen LogP contribution in [-0.2, 0) is 0 Å². The molecule has 0 N–H and O–H groups in total. The summed E-state index contributed by atoms with van der Waals surface area (Å²) < 4.78 is 0. The van der Waals surface area contributed by atoms with Crippen molar-refractivity contribution in [3.05, 3.63) is 182 Å². The Bertz CT molecular complexity index is 2520. The summed E-state index contributed by atoms with van der Waals surface area (Å²) in [6.45, 7) is 0. The largest absolute Gasteiger partial charge is 0.0622 e. The van der Waals surface area contributed by atoms with Crippen molar-refractivity contribution >= 4 is 43.1 Å². The zero-order valence-electron chi connectivity index (χ0n) is 25.3. The average molecular weight is 583 g/mol. The van der Waals surface area contributed by atoms with Crippen molar-refractivity contribution in [3.8, 4) is 44.5 Å². The molecular formula is C46H30. The number of rotatable bonds is 4. The quantitative estimate of drug-likeness (QED) is 0.181. The van der Waals surface area contributed by atoms with Gasteiger partial charge in [-0.15, -0.1) is 0 Å². The molecule has 0 aliphatic carbocycles. The summed E-state index contributed by atoms with van der Waals surface area (Å²) in [6.07, 6.45) is 0. The van der Waals surface area contributed by atoms with E-state index in [1.165, 1.54) is 87.6 Å². The highest BCUT2D eigenvalue weighted by Gasteiger charge is 2.20. The molecule has 0 fully saturated rings. The molecule has 0 saturated carbocycles. The molecule has 0 bridgehead atoms. The van der Waals surface area contributed by atoms with Gasteiger partial charge in [0.2, 0.25) is 0 Å². The minimum absolute atomic E-state index is 1.23. The van der Waals surface area contributed by atoms with E-state index in [1.807, 2.05) is 0 Å². The Hall–Kier alpha value is -5.98. The van der Waals surface area contributed by atoms with Crippen LogP contribution in [0.5, 0.6) is 0 Å². The fraction of sp³-hybridized carbons (Fsp3) is 0. The highest BCUT2D eigenvalue weighted by atomic mass is 14.2. The third kappa shape index (κ3) is 4.30. The van der Waals surface area contributed by atoms with Gasteiger partial charge in [0.25, 0.3) is 0 Å². The molecule has 0 spiro atoms. The van der Waals surface area contributed by atoms with Crippen molar-refractivity contribution in [2.75, 3.05) is 0 Å². The molecule has 0 aromatic heterocycles. The van der Waals surface area contributed by atoms with Crippen molar-refractivity contribution in [3.63, 3.8) is 0 Å². The molecule has 0 aliphatic rings. The van der Waals surface area contributed by atoms with Gasteiger partial charge in [-0.05, 0) is 99.7 Å². The summed E-state index contributed by atoms with van der Waals surface area (Å²) in [5.41, 5.74) is 10.0. The maximum Gasteiger partial charge on any atom is -0.00201 e. The van der Waals surface area contributed by atoms with Gasteiger partial charge in [-0.3, -0.25) is 0 Å². The molecule has 0 radical (unpaired) electrons. The third-order valence-electron chi connectivity index (χ3n) is 9.45. The third-order valence-corrected chi connectivity index (χ3v) is 9.45. The monoisotopic (exact) mass is 582 g/mol. The van der Waals surface area contributed by atoms with Gasteiger partial charge in [0.1, 0.15) is 0 Å². The Morgan fingerprint density at radius 2 is 0.717 bits per heavy atom. The van der Waals surface area contributed by atoms with Gasteiger partial charge in [0, 0.05) is 0 Å². The molecule has 0 saturated heterocycles. The molecule has 9 rings (SSSR count). The second-order valence-corrected chi connectivity index (χ2v) is 12.1. The van der Waals surface area contributed by atoms with E-state index in [-0.39, 0.29) is 0 Å². The SMILES string of the molecule is c1ccc(-c2ccc3cccc(-c4c5ccccc5c(-c5ccccc5-c5ccc6ccccc6c5)c5ccccc45)c3c2)cc1. The molecule has 0 unspecified atom stereocenters. The fourth-order valence-corrected chi connectivity index (χ4v) is 7.32. The number of hydrogen-bond acceptors (Lipinski definition) is 0. The van der Waals surface area contributed by atoms with Crippen LogP contribution in [0.3, 0.4) is 0 Å². The van der Waals surface area contributed by atoms with E-state index in [0.29, 0.717) is 0 Å². The van der Waals surface area contributed by atoms with Crippen molar-refractivity contribution in [1.82, 2.24) is 0 Å². The lowest BCUT2D eigenvalue weighted by molar-refractivity contribution is 1.62. The Kier molecular flexibility index (Phi) is 6.25. The van der Waals surface area contributed by atoms with E-state index >= 15 is 0 Å². The van der Waals surface area contributed by atoms with Gasteiger partial charge in [0.05, 0.1) is 0 Å². The van der Waals surface area contributed by atoms with Crippen LogP contribution >= 0.6 is 0 Å². The van der Waals surface area contributed by atoms with Crippen LogP contribution in [0.15, 0.2) is 182 Å². The van der Waals surface area contributed by atoms with Gasteiger partial charge in [-0.25, -0.2) is 0 Å². The normalized spacial score (nSPS) is 11.5. The lowest BCUT2D eigenvalue weighted by Crippen LogP contribution is -1.93. The number of fused-ring (bicyclic) bond motifs is 4. The summed E-state index contributed by atoms with van der Waals surface area (Å²) in [6, 6.07) is 66.6. The standard InChI is InChI=1S/C46H30/c1-2-13-31(14-3-1)35-27-26-33-17-12-24-43(44(33)30-35)46-41-22-10-8-20-39(41)45(40-21-9-11-23-42(40)46)38-19-7-6-18-37(38)36-28-25-32-15-4-5-16-34(32)29-36/h1-30H. The number of benzene rings is 9. The summed E-state index contributed by atoms with van der Waals surface area (Å²) in [5, 5.41) is 10.1. The van der Waals surface area contributed by atoms with Crippen LogP contribution in [0.1, 0.15) is 0 Å². The minimum Gasteiger partial charge on any atom is -0.0622 e. The molecule has 46 heavy (non-hydrogen) atoms. The maximum absolute atomic E-state index is 2.37. The predicted octanol–water partition coefficient (Wildman–Crippen LogP) is 13.0. The molecule has 9 aromatic carbocycles. The van der Waals surface area contributed by atoms with Crippen molar-refractivity contribution in [2.45, 2.75) is 0 Å². The van der Waals surface area contributed by atoms with Gasteiger partial charge in [-0.2, -0.15) is 0 Å². The first-order valence-corrected chi connectivity index (χ1v) is 15.9. The van der Waals surface area contributed by atoms with E-state index in [1.54, 1.807) is 0 Å². The first-order chi connectivity index (χ1) is 22.8. The second kappa shape index (κ2) is 10.9. The summed E-state index contributed by atoms with van der Waals surface area (Å²) in [7, 11) is 0. The van der Waals surface area contributed by atoms with Crippen LogP contribution in [0.25, 0.3) is 87.6 Å². The van der Waals surface area contributed by atoms with Crippen LogP contribution < -0.4 is 0 Å². The first kappa shape index (κ1) is 26.4. The van der Waals surface area contributed by atoms with Crippen LogP contribution in [0, 0.1) is 0 Å². The van der Waals surface area contributed by atoms with Gasteiger partial charge in [0.15, 0.2) is 0 Å². The molecular weight excluding hydrogens is 553 g/mol. The first-order valence-electron chi connectivity index (χ1n) is 15.9. The number of hydrogen-bond donors (Lipinski definition) is 0. The molecule has 0 amide bonds. The smallest absolute Gasteiger partial charge is 0.00201 e. The zero-order valence-corrected chi connectivity index (χ0v) is 25.3. The Labute approximate surface area is 268 Å². The van der Waals surface area contributed by atoms with E-state index in [2.05, 4.69) is 182 Å². The van der Waals surface area contributed by atoms with E-state index in [4.69, 9.17) is 0 Å². The van der Waals surface area contributed by atoms with Crippen LogP contribution in [-0.4, -0.2) is 0 Å². The zero-order chi connectivity index (χ0) is 30.5. The minimum atomic E-state index is 1.23. The lowest BCUT2D eigenvalue weighted by atomic mass is 9.82. The maximum atomic E-state index is 2.37. The Morgan fingerprint density at radius 3 is 1.43 bits per heavy atom. The summed E-state index contributed by atoms with van der Waals surface area (Å²) in [4.78, 5) is 0. The molecule has 0 aliphatic heterocycles. The average Bonchev–Trinajstić information content (AvgIpc) is 3.13. The van der Waals surface area contributed by atoms with E-state index < -0.39 is 0 Å². The summed E-state index contributed by atoms with van der Waals surface area (Å²) >= 11 is 0. The van der Waals surface area contributed by atoms with Gasteiger partial charge < -0.3 is 0 Å². The summed E-state index contributed by atoms with van der Waals surface area (Å²) in [5.74, 6) is 0. The molecule has 0 atom stereocenters. The fourth-order valence-electron chi connectivity index (χ4n) is 7.32. The van der Waals surface area contributed by atoms with Crippen molar-refractivity contribution in [2.24, 2.45) is 0 Å². The van der Waals surface area contributed by atoms with Gasteiger partial charge in [-0.1, -0.05) is 170 Å². The highest BCUT2D eigenvalue weighted by molar-refractivity contribution is 6.24. The van der Waals surface area contributed by atoms with Crippen LogP contribution in [0.4, 0.5) is 0 Å². The van der Waals surface area contributed by atoms with Crippen molar-refractivity contribution in [1.29, 1.82) is 0 Å². The van der Waals surface area contributed by atoms with E-state index in [0.717, 1.165) is 0 Å². The highest BCUT2D eigenvalue weighted by Crippen LogP contribution is 2.47. The second-order valence-electron chi connectivity index (χ2n) is 12.1. The van der Waals surface area contributed by atoms with Crippen LogP contribution in [0.2, 0.25) is 0 Å². The van der Waals surface area contributed by atoms with Crippen molar-refractivity contribution < 1.29 is 0 Å². The topological polar surface area (TPSA) is 0 Å². The van der Waals surface area contributed by atoms with Gasteiger partial charge >= 0.3 is 0 Å². The molecule has 0 nitrogen and oxygen atoms in total. The molecule has 9 aromatic rings. The molecule has 0 heterocycles.